The monoisotopic (exact) mass is 297 g/mol. The third-order valence-corrected chi connectivity index (χ3v) is 4.54. The lowest BCUT2D eigenvalue weighted by Gasteiger charge is -2.26. The molecule has 0 saturated heterocycles. The van der Waals surface area contributed by atoms with Crippen LogP contribution in [0.1, 0.15) is 50.7 Å². The van der Waals surface area contributed by atoms with Crippen molar-refractivity contribution in [2.24, 2.45) is 11.8 Å². The Balaban J connectivity index is 1.71. The minimum Gasteiger partial charge on any atom is -0.387 e. The van der Waals surface area contributed by atoms with E-state index in [-0.39, 0.29) is 12.1 Å². The van der Waals surface area contributed by atoms with Crippen LogP contribution >= 0.6 is 0 Å². The average Bonchev–Trinajstić information content (AvgIpc) is 2.45. The van der Waals surface area contributed by atoms with Crippen molar-refractivity contribution in [3.63, 3.8) is 0 Å². The molecule has 1 saturated carbocycles. The van der Waals surface area contributed by atoms with Crippen molar-refractivity contribution in [2.45, 2.75) is 45.1 Å². The van der Waals surface area contributed by atoms with E-state index in [0.29, 0.717) is 0 Å². The zero-order valence-corrected chi connectivity index (χ0v) is 12.6. The third-order valence-electron chi connectivity index (χ3n) is 4.54. The first-order valence-corrected chi connectivity index (χ1v) is 7.90. The number of nitrogens with one attached hydrogen (secondary N) is 1. The molecule has 0 aliphatic heterocycles. The standard InChI is InChI=1S/C17H25F2NO/c1-12-5-7-13(8-6-12)9-10-20-11-16(21)17-14(18)3-2-4-15(17)19/h2-4,12-13,16,20-21H,5-11H2,1H3. The van der Waals surface area contributed by atoms with Crippen LogP contribution in [-0.2, 0) is 0 Å². The summed E-state index contributed by atoms with van der Waals surface area (Å²) in [6, 6.07) is 3.65. The summed E-state index contributed by atoms with van der Waals surface area (Å²) in [6.45, 7) is 3.26. The summed E-state index contributed by atoms with van der Waals surface area (Å²) in [5.41, 5.74) is -0.239. The molecule has 118 valence electrons. The normalized spacial score (nSPS) is 24.0. The van der Waals surface area contributed by atoms with Crippen LogP contribution in [0.4, 0.5) is 8.78 Å². The Kier molecular flexibility index (Phi) is 6.12. The van der Waals surface area contributed by atoms with E-state index < -0.39 is 17.7 Å². The Labute approximate surface area is 125 Å². The van der Waals surface area contributed by atoms with Gasteiger partial charge in [-0.2, -0.15) is 0 Å². The van der Waals surface area contributed by atoms with Crippen molar-refractivity contribution in [1.82, 2.24) is 5.32 Å². The Morgan fingerprint density at radius 2 is 1.81 bits per heavy atom. The predicted octanol–water partition coefficient (Wildman–Crippen LogP) is 3.80. The number of benzene rings is 1. The SMILES string of the molecule is CC1CCC(CCNCC(O)c2c(F)cccc2F)CC1. The zero-order chi connectivity index (χ0) is 15.2. The summed E-state index contributed by atoms with van der Waals surface area (Å²) in [6.07, 6.45) is 5.07. The second kappa shape index (κ2) is 7.85. The first-order valence-electron chi connectivity index (χ1n) is 7.90. The molecule has 1 atom stereocenters. The van der Waals surface area contributed by atoms with E-state index in [1.54, 1.807) is 0 Å². The van der Waals surface area contributed by atoms with Gasteiger partial charge in [0.25, 0.3) is 0 Å². The molecule has 2 nitrogen and oxygen atoms in total. The van der Waals surface area contributed by atoms with Crippen LogP contribution in [0, 0.1) is 23.5 Å². The average molecular weight is 297 g/mol. The molecule has 1 fully saturated rings. The summed E-state index contributed by atoms with van der Waals surface area (Å²) in [4.78, 5) is 0. The maximum Gasteiger partial charge on any atom is 0.131 e. The van der Waals surface area contributed by atoms with Crippen molar-refractivity contribution < 1.29 is 13.9 Å². The summed E-state index contributed by atoms with van der Waals surface area (Å²) < 4.78 is 27.0. The van der Waals surface area contributed by atoms with Crippen LogP contribution in [0.5, 0.6) is 0 Å². The van der Waals surface area contributed by atoms with Gasteiger partial charge in [-0.3, -0.25) is 0 Å². The number of halogens is 2. The summed E-state index contributed by atoms with van der Waals surface area (Å²) >= 11 is 0. The van der Waals surface area contributed by atoms with Gasteiger partial charge in [0, 0.05) is 6.54 Å². The first kappa shape index (κ1) is 16.4. The molecule has 0 amide bonds. The van der Waals surface area contributed by atoms with Gasteiger partial charge in [0.05, 0.1) is 11.7 Å². The van der Waals surface area contributed by atoms with Crippen molar-refractivity contribution >= 4 is 0 Å². The van der Waals surface area contributed by atoms with E-state index in [1.165, 1.54) is 43.9 Å². The van der Waals surface area contributed by atoms with E-state index in [2.05, 4.69) is 12.2 Å². The molecule has 1 unspecified atom stereocenters. The number of hydrogen-bond acceptors (Lipinski definition) is 2. The molecule has 0 bridgehead atoms. The van der Waals surface area contributed by atoms with Crippen LogP contribution in [0.3, 0.4) is 0 Å². The van der Waals surface area contributed by atoms with E-state index in [9.17, 15) is 13.9 Å². The zero-order valence-electron chi connectivity index (χ0n) is 12.6. The lowest BCUT2D eigenvalue weighted by molar-refractivity contribution is 0.163. The van der Waals surface area contributed by atoms with Gasteiger partial charge in [-0.15, -0.1) is 0 Å². The molecule has 0 aromatic heterocycles. The quantitative estimate of drug-likeness (QED) is 0.783. The first-order chi connectivity index (χ1) is 10.1. The molecule has 2 N–H and O–H groups in total. The van der Waals surface area contributed by atoms with Crippen LogP contribution in [-0.4, -0.2) is 18.2 Å². The van der Waals surface area contributed by atoms with Gasteiger partial charge in [-0.25, -0.2) is 8.78 Å². The molecule has 1 aromatic rings. The van der Waals surface area contributed by atoms with Crippen LogP contribution in [0.25, 0.3) is 0 Å². The molecule has 0 heterocycles. The molecule has 4 heteroatoms. The van der Waals surface area contributed by atoms with Crippen molar-refractivity contribution in [3.8, 4) is 0 Å². The molecule has 21 heavy (non-hydrogen) atoms. The maximum atomic E-state index is 13.5. The van der Waals surface area contributed by atoms with Gasteiger partial charge in [0.2, 0.25) is 0 Å². The Bertz CT molecular complexity index is 424. The highest BCUT2D eigenvalue weighted by molar-refractivity contribution is 5.22. The van der Waals surface area contributed by atoms with Gasteiger partial charge in [-0.1, -0.05) is 38.7 Å². The van der Waals surface area contributed by atoms with Crippen molar-refractivity contribution in [1.29, 1.82) is 0 Å². The van der Waals surface area contributed by atoms with Crippen LogP contribution in [0.15, 0.2) is 18.2 Å². The van der Waals surface area contributed by atoms with Gasteiger partial charge < -0.3 is 10.4 Å². The molecular formula is C17H25F2NO. The van der Waals surface area contributed by atoms with Crippen LogP contribution in [0.2, 0.25) is 0 Å². The molecule has 1 aliphatic carbocycles. The van der Waals surface area contributed by atoms with E-state index in [0.717, 1.165) is 24.8 Å². The summed E-state index contributed by atoms with van der Waals surface area (Å²) in [5, 5.41) is 13.0. The fraction of sp³-hybridized carbons (Fsp3) is 0.647. The Hall–Kier alpha value is -1.00. The van der Waals surface area contributed by atoms with Crippen LogP contribution < -0.4 is 5.32 Å². The molecular weight excluding hydrogens is 272 g/mol. The smallest absolute Gasteiger partial charge is 0.131 e. The lowest BCUT2D eigenvalue weighted by Crippen LogP contribution is -2.26. The summed E-state index contributed by atoms with van der Waals surface area (Å²) in [7, 11) is 0. The van der Waals surface area contributed by atoms with Gasteiger partial charge >= 0.3 is 0 Å². The second-order valence-electron chi connectivity index (χ2n) is 6.27. The molecule has 1 aromatic carbocycles. The highest BCUT2D eigenvalue weighted by Gasteiger charge is 2.19. The van der Waals surface area contributed by atoms with E-state index in [4.69, 9.17) is 0 Å². The van der Waals surface area contributed by atoms with Gasteiger partial charge in [-0.05, 0) is 36.9 Å². The van der Waals surface area contributed by atoms with Crippen molar-refractivity contribution in [3.05, 3.63) is 35.4 Å². The fourth-order valence-electron chi connectivity index (χ4n) is 3.09. The lowest BCUT2D eigenvalue weighted by atomic mass is 9.81. The second-order valence-corrected chi connectivity index (χ2v) is 6.27. The highest BCUT2D eigenvalue weighted by atomic mass is 19.1. The van der Waals surface area contributed by atoms with Gasteiger partial charge in [0.15, 0.2) is 0 Å². The third kappa shape index (κ3) is 4.75. The van der Waals surface area contributed by atoms with Gasteiger partial charge in [0.1, 0.15) is 11.6 Å². The van der Waals surface area contributed by atoms with Crippen molar-refractivity contribution in [2.75, 3.05) is 13.1 Å². The molecule has 0 spiro atoms. The number of rotatable bonds is 6. The minimum absolute atomic E-state index is 0.182. The number of aliphatic hydroxyl groups excluding tert-OH is 1. The minimum atomic E-state index is -1.14. The molecule has 0 radical (unpaired) electrons. The maximum absolute atomic E-state index is 13.5. The number of aliphatic hydroxyl groups is 1. The highest BCUT2D eigenvalue weighted by Crippen LogP contribution is 2.30. The topological polar surface area (TPSA) is 32.3 Å². The molecule has 1 aliphatic rings. The number of hydrogen-bond donors (Lipinski definition) is 2. The van der Waals surface area contributed by atoms with E-state index >= 15 is 0 Å². The molecule has 2 rings (SSSR count). The Morgan fingerprint density at radius 1 is 1.19 bits per heavy atom. The predicted molar refractivity (Wildman–Crippen MR) is 79.9 cm³/mol. The van der Waals surface area contributed by atoms with E-state index in [1.807, 2.05) is 0 Å². The largest absolute Gasteiger partial charge is 0.387 e. The fourth-order valence-corrected chi connectivity index (χ4v) is 3.09. The summed E-state index contributed by atoms with van der Waals surface area (Å²) in [5.74, 6) is 0.215. The Morgan fingerprint density at radius 3 is 2.43 bits per heavy atom.